The summed E-state index contributed by atoms with van der Waals surface area (Å²) in [6, 6.07) is 13.9. The van der Waals surface area contributed by atoms with Crippen LogP contribution in [0.1, 0.15) is 19.9 Å². The molecule has 0 radical (unpaired) electrons. The molecule has 3 heteroatoms. The number of methoxy groups -OCH3 is 1. The summed E-state index contributed by atoms with van der Waals surface area (Å²) < 4.78 is 13.5. The molecule has 1 atom stereocenters. The van der Waals surface area contributed by atoms with Gasteiger partial charge in [-0.15, -0.1) is 0 Å². The van der Waals surface area contributed by atoms with Crippen LogP contribution < -0.4 is 10.1 Å². The minimum Gasteiger partial charge on any atom is -0.497 e. The summed E-state index contributed by atoms with van der Waals surface area (Å²) in [4.78, 5) is 0. The van der Waals surface area contributed by atoms with E-state index in [-0.39, 0.29) is 0 Å². The van der Waals surface area contributed by atoms with Crippen molar-refractivity contribution >= 4 is 17.3 Å². The Morgan fingerprint density at radius 2 is 1.72 bits per heavy atom. The SMILES string of the molecule is [2H][C@](C)(Nc1ccc(OC)cc1)c1ccc(Cl)cc1. The van der Waals surface area contributed by atoms with Gasteiger partial charge in [-0.1, -0.05) is 23.7 Å². The fourth-order valence-electron chi connectivity index (χ4n) is 1.66. The lowest BCUT2D eigenvalue weighted by molar-refractivity contribution is 0.415. The fourth-order valence-corrected chi connectivity index (χ4v) is 1.79. The molecule has 0 unspecified atom stereocenters. The Labute approximate surface area is 114 Å². The van der Waals surface area contributed by atoms with Gasteiger partial charge in [-0.05, 0) is 48.9 Å². The van der Waals surface area contributed by atoms with Crippen LogP contribution in [-0.2, 0) is 0 Å². The second-order valence-electron chi connectivity index (χ2n) is 3.99. The molecule has 1 N–H and O–H groups in total. The largest absolute Gasteiger partial charge is 0.497 e. The minimum absolute atomic E-state index is 0.670. The Morgan fingerprint density at radius 1 is 1.11 bits per heavy atom. The highest BCUT2D eigenvalue weighted by atomic mass is 35.5. The average molecular weight is 263 g/mol. The van der Waals surface area contributed by atoms with E-state index in [0.717, 1.165) is 17.0 Å². The van der Waals surface area contributed by atoms with Crippen molar-refractivity contribution in [3.05, 3.63) is 59.1 Å². The highest BCUT2D eigenvalue weighted by molar-refractivity contribution is 6.30. The van der Waals surface area contributed by atoms with Gasteiger partial charge in [0.15, 0.2) is 0 Å². The predicted octanol–water partition coefficient (Wildman–Crippen LogP) is 4.52. The van der Waals surface area contributed by atoms with Crippen molar-refractivity contribution in [1.29, 1.82) is 0 Å². The first-order chi connectivity index (χ1) is 9.01. The summed E-state index contributed by atoms with van der Waals surface area (Å²) in [6.07, 6.45) is 0. The van der Waals surface area contributed by atoms with Crippen molar-refractivity contribution in [2.24, 2.45) is 0 Å². The second-order valence-corrected chi connectivity index (χ2v) is 4.42. The number of hydrogen-bond donors (Lipinski definition) is 1. The van der Waals surface area contributed by atoms with Crippen LogP contribution in [0.5, 0.6) is 5.75 Å². The molecule has 0 saturated heterocycles. The van der Waals surface area contributed by atoms with Crippen molar-refractivity contribution < 1.29 is 6.11 Å². The van der Waals surface area contributed by atoms with Crippen LogP contribution in [-0.4, -0.2) is 7.11 Å². The molecule has 0 spiro atoms. The molecule has 0 aliphatic rings. The van der Waals surface area contributed by atoms with Crippen LogP contribution in [0.3, 0.4) is 0 Å². The van der Waals surface area contributed by atoms with E-state index < -0.39 is 6.02 Å². The fraction of sp³-hybridized carbons (Fsp3) is 0.200. The topological polar surface area (TPSA) is 21.3 Å². The standard InChI is InChI=1S/C15H16ClNO/c1-11(12-3-5-13(16)6-4-12)17-14-7-9-15(18-2)10-8-14/h3-11,17H,1-2H3/t11-/m1/s1/i11D. The monoisotopic (exact) mass is 262 g/mol. The molecule has 0 aliphatic heterocycles. The van der Waals surface area contributed by atoms with Crippen molar-refractivity contribution in [1.82, 2.24) is 0 Å². The summed E-state index contributed by atoms with van der Waals surface area (Å²) in [5, 5.41) is 3.84. The van der Waals surface area contributed by atoms with Crippen molar-refractivity contribution in [2.45, 2.75) is 12.9 Å². The molecule has 2 rings (SSSR count). The summed E-state index contributed by atoms with van der Waals surface area (Å²) in [6.45, 7) is 1.81. The Hall–Kier alpha value is -1.67. The average Bonchev–Trinajstić information content (AvgIpc) is 2.40. The highest BCUT2D eigenvalue weighted by Crippen LogP contribution is 2.22. The Kier molecular flexibility index (Phi) is 3.67. The zero-order valence-electron chi connectivity index (χ0n) is 11.4. The Morgan fingerprint density at radius 3 is 2.28 bits per heavy atom. The summed E-state index contributed by atoms with van der Waals surface area (Å²) in [5.74, 6) is 0.795. The maximum absolute atomic E-state index is 8.39. The molecule has 18 heavy (non-hydrogen) atoms. The first-order valence-corrected chi connectivity index (χ1v) is 6.07. The molecule has 0 fully saturated rings. The molecule has 2 aromatic carbocycles. The number of nitrogens with one attached hydrogen (secondary N) is 1. The summed E-state index contributed by atoms with van der Waals surface area (Å²) in [7, 11) is 1.63. The molecule has 0 bridgehead atoms. The van der Waals surface area contributed by atoms with Gasteiger partial charge >= 0.3 is 0 Å². The highest BCUT2D eigenvalue weighted by Gasteiger charge is 2.05. The van der Waals surface area contributed by atoms with Crippen LogP contribution in [0.2, 0.25) is 5.02 Å². The lowest BCUT2D eigenvalue weighted by atomic mass is 10.1. The molecule has 0 aromatic heterocycles. The number of halogens is 1. The molecule has 2 nitrogen and oxygen atoms in total. The third kappa shape index (κ3) is 3.17. The summed E-state index contributed by atoms with van der Waals surface area (Å²) in [5.41, 5.74) is 1.72. The van der Waals surface area contributed by atoms with E-state index in [2.05, 4.69) is 5.32 Å². The first-order valence-electron chi connectivity index (χ1n) is 6.19. The smallest absolute Gasteiger partial charge is 0.119 e. The lowest BCUT2D eigenvalue weighted by Crippen LogP contribution is -2.06. The molecule has 94 valence electrons. The van der Waals surface area contributed by atoms with Crippen molar-refractivity contribution in [2.75, 3.05) is 12.4 Å². The van der Waals surface area contributed by atoms with Gasteiger partial charge in [-0.2, -0.15) is 0 Å². The normalized spacial score (nSPS) is 14.5. The van der Waals surface area contributed by atoms with Gasteiger partial charge in [0.25, 0.3) is 0 Å². The van der Waals surface area contributed by atoms with E-state index in [1.165, 1.54) is 0 Å². The number of anilines is 1. The van der Waals surface area contributed by atoms with Gasteiger partial charge in [0.2, 0.25) is 0 Å². The third-order valence-electron chi connectivity index (χ3n) is 2.70. The van der Waals surface area contributed by atoms with Gasteiger partial charge in [0, 0.05) is 16.7 Å². The molecular weight excluding hydrogens is 246 g/mol. The molecule has 0 heterocycles. The van der Waals surface area contributed by atoms with Gasteiger partial charge in [0.05, 0.1) is 8.48 Å². The number of benzene rings is 2. The minimum atomic E-state index is -0.917. The molecule has 0 amide bonds. The van der Waals surface area contributed by atoms with Crippen LogP contribution in [0.4, 0.5) is 5.69 Å². The Balaban J connectivity index is 2.17. The quantitative estimate of drug-likeness (QED) is 0.875. The van der Waals surface area contributed by atoms with E-state index >= 15 is 0 Å². The van der Waals surface area contributed by atoms with E-state index in [0.29, 0.717) is 5.02 Å². The second kappa shape index (κ2) is 5.78. The van der Waals surface area contributed by atoms with E-state index in [9.17, 15) is 0 Å². The number of rotatable bonds is 4. The van der Waals surface area contributed by atoms with Gasteiger partial charge in [-0.3, -0.25) is 0 Å². The van der Waals surface area contributed by atoms with Gasteiger partial charge < -0.3 is 10.1 Å². The molecule has 0 aliphatic carbocycles. The number of hydrogen-bond acceptors (Lipinski definition) is 2. The van der Waals surface area contributed by atoms with E-state index in [4.69, 9.17) is 17.7 Å². The predicted molar refractivity (Wildman–Crippen MR) is 76.5 cm³/mol. The molecular formula is C15H16ClNO. The van der Waals surface area contributed by atoms with E-state index in [1.54, 1.807) is 26.2 Å². The van der Waals surface area contributed by atoms with Gasteiger partial charge in [-0.25, -0.2) is 0 Å². The van der Waals surface area contributed by atoms with Crippen LogP contribution in [0.15, 0.2) is 48.5 Å². The van der Waals surface area contributed by atoms with Crippen LogP contribution in [0, 0.1) is 0 Å². The van der Waals surface area contributed by atoms with E-state index in [1.807, 2.05) is 36.4 Å². The molecule has 0 saturated carbocycles. The Bertz CT molecular complexity index is 537. The lowest BCUT2D eigenvalue weighted by Gasteiger charge is -2.16. The number of ether oxygens (including phenoxy) is 1. The zero-order valence-corrected chi connectivity index (χ0v) is 11.2. The summed E-state index contributed by atoms with van der Waals surface area (Å²) >= 11 is 5.86. The maximum atomic E-state index is 8.39. The first kappa shape index (κ1) is 11.4. The van der Waals surface area contributed by atoms with Crippen LogP contribution >= 0.6 is 11.6 Å². The van der Waals surface area contributed by atoms with Crippen LogP contribution in [0.25, 0.3) is 0 Å². The zero-order chi connectivity index (χ0) is 13.9. The van der Waals surface area contributed by atoms with Gasteiger partial charge in [0.1, 0.15) is 5.75 Å². The molecule has 2 aromatic rings. The maximum Gasteiger partial charge on any atom is 0.119 e. The van der Waals surface area contributed by atoms with Crippen molar-refractivity contribution in [3.8, 4) is 5.75 Å². The van der Waals surface area contributed by atoms with Crippen molar-refractivity contribution in [3.63, 3.8) is 0 Å². The third-order valence-corrected chi connectivity index (χ3v) is 2.95.